The van der Waals surface area contributed by atoms with Crippen LogP contribution in [0.3, 0.4) is 0 Å². The Hall–Kier alpha value is -1.51. The highest BCUT2D eigenvalue weighted by Crippen LogP contribution is 2.03. The molecule has 0 amide bonds. The van der Waals surface area contributed by atoms with E-state index in [1.807, 2.05) is 19.1 Å². The van der Waals surface area contributed by atoms with Gasteiger partial charge in [0.25, 0.3) is 0 Å². The molecule has 0 unspecified atom stereocenters. The number of allylic oxidation sites excluding steroid dienone is 2. The first-order chi connectivity index (χ1) is 6.66. The average molecular weight is 196 g/mol. The molecule has 0 saturated carbocycles. The van der Waals surface area contributed by atoms with Gasteiger partial charge in [0.05, 0.1) is 12.3 Å². The van der Waals surface area contributed by atoms with Crippen LogP contribution < -0.4 is 0 Å². The summed E-state index contributed by atoms with van der Waals surface area (Å²) in [7, 11) is 0. The van der Waals surface area contributed by atoms with Crippen molar-refractivity contribution in [1.29, 1.82) is 0 Å². The summed E-state index contributed by atoms with van der Waals surface area (Å²) < 4.78 is 4.93. The smallest absolute Gasteiger partial charge is 0.331 e. The summed E-state index contributed by atoms with van der Waals surface area (Å²) in [5.74, 6) is -1.00. The van der Waals surface area contributed by atoms with Crippen LogP contribution in [0.15, 0.2) is 36.6 Å². The Morgan fingerprint density at radius 2 is 2.29 bits per heavy atom. The van der Waals surface area contributed by atoms with Gasteiger partial charge in [0.1, 0.15) is 6.61 Å². The minimum absolute atomic E-state index is 0.409. The quantitative estimate of drug-likeness (QED) is 0.294. The van der Waals surface area contributed by atoms with Crippen LogP contribution in [0.2, 0.25) is 0 Å². The lowest BCUT2D eigenvalue weighted by Crippen LogP contribution is -1.89. The van der Waals surface area contributed by atoms with Crippen molar-refractivity contribution in [3.8, 4) is 0 Å². The molecule has 0 rings (SSSR count). The fraction of sp³-hybridized carbons (Fsp3) is 0.364. The SMILES string of the molecule is C=CCCC(C)=CCOC=CC(=O)O. The molecule has 0 aliphatic carbocycles. The maximum Gasteiger partial charge on any atom is 0.331 e. The fourth-order valence-electron chi connectivity index (χ4n) is 0.784. The Morgan fingerprint density at radius 1 is 1.57 bits per heavy atom. The minimum atomic E-state index is -1.00. The number of hydrogen-bond donors (Lipinski definition) is 1. The van der Waals surface area contributed by atoms with Gasteiger partial charge in [-0.1, -0.05) is 11.6 Å². The maximum atomic E-state index is 10.0. The summed E-state index contributed by atoms with van der Waals surface area (Å²) in [6.07, 6.45) is 7.85. The number of carbonyl (C=O) groups is 1. The van der Waals surface area contributed by atoms with Gasteiger partial charge in [-0.2, -0.15) is 0 Å². The topological polar surface area (TPSA) is 46.5 Å². The number of carboxylic acids is 1. The molecule has 0 fully saturated rings. The first kappa shape index (κ1) is 12.5. The van der Waals surface area contributed by atoms with Gasteiger partial charge in [0, 0.05) is 0 Å². The third kappa shape index (κ3) is 8.59. The van der Waals surface area contributed by atoms with Crippen LogP contribution >= 0.6 is 0 Å². The van der Waals surface area contributed by atoms with Crippen LogP contribution in [0.4, 0.5) is 0 Å². The lowest BCUT2D eigenvalue weighted by molar-refractivity contribution is -0.131. The van der Waals surface area contributed by atoms with E-state index in [2.05, 4.69) is 6.58 Å². The predicted molar refractivity (Wildman–Crippen MR) is 55.9 cm³/mol. The molecule has 0 aromatic heterocycles. The van der Waals surface area contributed by atoms with Gasteiger partial charge in [0.15, 0.2) is 0 Å². The monoisotopic (exact) mass is 196 g/mol. The number of hydrogen-bond acceptors (Lipinski definition) is 2. The molecule has 0 aromatic rings. The summed E-state index contributed by atoms with van der Waals surface area (Å²) in [4.78, 5) is 10.0. The Balaban J connectivity index is 3.59. The molecule has 0 spiro atoms. The van der Waals surface area contributed by atoms with Crippen LogP contribution in [0.25, 0.3) is 0 Å². The van der Waals surface area contributed by atoms with E-state index in [4.69, 9.17) is 9.84 Å². The van der Waals surface area contributed by atoms with Crippen LogP contribution in [0, 0.1) is 0 Å². The average Bonchev–Trinajstić information content (AvgIpc) is 2.13. The molecule has 0 saturated heterocycles. The van der Waals surface area contributed by atoms with Crippen LogP contribution in [-0.2, 0) is 9.53 Å². The lowest BCUT2D eigenvalue weighted by Gasteiger charge is -1.98. The Bertz CT molecular complexity index is 239. The molecular weight excluding hydrogens is 180 g/mol. The lowest BCUT2D eigenvalue weighted by atomic mass is 10.1. The summed E-state index contributed by atoms with van der Waals surface area (Å²) in [5.41, 5.74) is 1.22. The zero-order valence-electron chi connectivity index (χ0n) is 8.40. The number of ether oxygens (including phenoxy) is 1. The molecule has 0 aliphatic rings. The highest BCUT2D eigenvalue weighted by atomic mass is 16.5. The summed E-state index contributed by atoms with van der Waals surface area (Å²) in [6, 6.07) is 0. The third-order valence-corrected chi connectivity index (χ3v) is 1.58. The van der Waals surface area contributed by atoms with Crippen LogP contribution in [0.5, 0.6) is 0 Å². The standard InChI is InChI=1S/C11H16O3/c1-3-4-5-10(2)6-8-14-9-7-11(12)13/h3,6-7,9H,1,4-5,8H2,2H3,(H,12,13). The molecule has 0 aliphatic heterocycles. The summed E-state index contributed by atoms with van der Waals surface area (Å²) >= 11 is 0. The zero-order valence-corrected chi connectivity index (χ0v) is 8.40. The van der Waals surface area contributed by atoms with Crippen molar-refractivity contribution >= 4 is 5.97 Å². The molecule has 1 N–H and O–H groups in total. The Morgan fingerprint density at radius 3 is 2.86 bits per heavy atom. The number of rotatable bonds is 7. The van der Waals surface area contributed by atoms with Crippen molar-refractivity contribution in [1.82, 2.24) is 0 Å². The largest absolute Gasteiger partial charge is 0.497 e. The van der Waals surface area contributed by atoms with E-state index in [0.717, 1.165) is 18.9 Å². The second-order valence-electron chi connectivity index (χ2n) is 2.85. The van der Waals surface area contributed by atoms with Gasteiger partial charge >= 0.3 is 5.97 Å². The Labute approximate surface area is 84.4 Å². The van der Waals surface area contributed by atoms with Crippen LogP contribution in [0.1, 0.15) is 19.8 Å². The van der Waals surface area contributed by atoms with Crippen molar-refractivity contribution in [3.63, 3.8) is 0 Å². The molecule has 0 bridgehead atoms. The van der Waals surface area contributed by atoms with Crippen LogP contribution in [-0.4, -0.2) is 17.7 Å². The van der Waals surface area contributed by atoms with E-state index in [1.54, 1.807) is 0 Å². The van der Waals surface area contributed by atoms with E-state index in [-0.39, 0.29) is 0 Å². The second-order valence-corrected chi connectivity index (χ2v) is 2.85. The highest BCUT2D eigenvalue weighted by Gasteiger charge is 1.87. The second kappa shape index (κ2) is 8.10. The molecular formula is C11H16O3. The summed E-state index contributed by atoms with van der Waals surface area (Å²) in [6.45, 7) is 6.04. The van der Waals surface area contributed by atoms with Gasteiger partial charge in [-0.3, -0.25) is 0 Å². The highest BCUT2D eigenvalue weighted by molar-refractivity contribution is 5.79. The number of aliphatic carboxylic acids is 1. The van der Waals surface area contributed by atoms with Gasteiger partial charge < -0.3 is 9.84 Å². The molecule has 3 heteroatoms. The maximum absolute atomic E-state index is 10.0. The third-order valence-electron chi connectivity index (χ3n) is 1.58. The minimum Gasteiger partial charge on any atom is -0.497 e. The number of carboxylic acid groups (broad SMARTS) is 1. The predicted octanol–water partition coefficient (Wildman–Crippen LogP) is 2.51. The van der Waals surface area contributed by atoms with E-state index in [1.165, 1.54) is 11.8 Å². The molecule has 78 valence electrons. The van der Waals surface area contributed by atoms with Crippen molar-refractivity contribution in [2.24, 2.45) is 0 Å². The zero-order chi connectivity index (χ0) is 10.8. The first-order valence-corrected chi connectivity index (χ1v) is 4.44. The molecule has 3 nitrogen and oxygen atoms in total. The first-order valence-electron chi connectivity index (χ1n) is 4.44. The van der Waals surface area contributed by atoms with E-state index in [9.17, 15) is 4.79 Å². The van der Waals surface area contributed by atoms with Gasteiger partial charge in [-0.05, 0) is 25.8 Å². The molecule has 14 heavy (non-hydrogen) atoms. The van der Waals surface area contributed by atoms with Crippen molar-refractivity contribution in [2.75, 3.05) is 6.61 Å². The molecule has 0 aromatic carbocycles. The van der Waals surface area contributed by atoms with E-state index >= 15 is 0 Å². The van der Waals surface area contributed by atoms with E-state index in [0.29, 0.717) is 6.61 Å². The molecule has 0 atom stereocenters. The molecule has 0 heterocycles. The normalized spacial score (nSPS) is 11.6. The molecule has 0 radical (unpaired) electrons. The van der Waals surface area contributed by atoms with Gasteiger partial charge in [0.2, 0.25) is 0 Å². The fourth-order valence-corrected chi connectivity index (χ4v) is 0.784. The van der Waals surface area contributed by atoms with Crippen molar-refractivity contribution in [3.05, 3.63) is 36.6 Å². The summed E-state index contributed by atoms with van der Waals surface area (Å²) in [5, 5.41) is 8.24. The van der Waals surface area contributed by atoms with Gasteiger partial charge in [-0.25, -0.2) is 4.79 Å². The van der Waals surface area contributed by atoms with Crippen molar-refractivity contribution in [2.45, 2.75) is 19.8 Å². The van der Waals surface area contributed by atoms with Crippen molar-refractivity contribution < 1.29 is 14.6 Å². The Kier molecular flexibility index (Phi) is 7.23. The van der Waals surface area contributed by atoms with E-state index < -0.39 is 5.97 Å². The van der Waals surface area contributed by atoms with Gasteiger partial charge in [-0.15, -0.1) is 6.58 Å².